The largest absolute Gasteiger partial charge is 0.340 e. The molecule has 2 amide bonds. The predicted octanol–water partition coefficient (Wildman–Crippen LogP) is 1.49. The lowest BCUT2D eigenvalue weighted by Gasteiger charge is -2.43. The summed E-state index contributed by atoms with van der Waals surface area (Å²) in [5.74, 6) is -0.0992. The van der Waals surface area contributed by atoms with Gasteiger partial charge in [0, 0.05) is 18.9 Å². The lowest BCUT2D eigenvalue weighted by molar-refractivity contribution is -0.154. The number of nitrogens with one attached hydrogen (secondary N) is 1. The van der Waals surface area contributed by atoms with Crippen LogP contribution < -0.4 is 5.32 Å². The monoisotopic (exact) mass is 275 g/mol. The summed E-state index contributed by atoms with van der Waals surface area (Å²) in [5, 5.41) is 2.81. The summed E-state index contributed by atoms with van der Waals surface area (Å²) >= 11 is 0. The molecule has 1 aliphatic heterocycles. The number of piperazine rings is 1. The fourth-order valence-corrected chi connectivity index (χ4v) is 2.51. The minimum absolute atomic E-state index is 0.0348. The highest BCUT2D eigenvalue weighted by Crippen LogP contribution is 2.22. The Morgan fingerprint density at radius 3 is 2.55 bits per heavy atom. The standard InChI is InChI=1S/C15H21N3O2/c1-4-5-12-13(19)17-15(2,3)14(20)18(12)10-11-6-8-16-9-7-11/h6-9,12H,4-5,10H2,1-3H3,(H,17,19). The molecule has 0 radical (unpaired) electrons. The van der Waals surface area contributed by atoms with Gasteiger partial charge in [-0.25, -0.2) is 0 Å². The Morgan fingerprint density at radius 2 is 1.95 bits per heavy atom. The van der Waals surface area contributed by atoms with Crippen molar-refractivity contribution in [2.24, 2.45) is 0 Å². The van der Waals surface area contributed by atoms with Crippen molar-refractivity contribution in [3.8, 4) is 0 Å². The van der Waals surface area contributed by atoms with Crippen LogP contribution in [0.25, 0.3) is 0 Å². The number of carbonyl (C=O) groups is 2. The van der Waals surface area contributed by atoms with Gasteiger partial charge >= 0.3 is 0 Å². The summed E-state index contributed by atoms with van der Waals surface area (Å²) in [7, 11) is 0. The van der Waals surface area contributed by atoms with Gasteiger partial charge in [-0.3, -0.25) is 14.6 Å². The first-order valence-corrected chi connectivity index (χ1v) is 6.97. The summed E-state index contributed by atoms with van der Waals surface area (Å²) in [6.45, 7) is 5.95. The van der Waals surface area contributed by atoms with Crippen LogP contribution in [0.1, 0.15) is 39.2 Å². The second-order valence-electron chi connectivity index (χ2n) is 5.71. The molecule has 1 aromatic rings. The van der Waals surface area contributed by atoms with E-state index >= 15 is 0 Å². The second-order valence-corrected chi connectivity index (χ2v) is 5.71. The average molecular weight is 275 g/mol. The smallest absolute Gasteiger partial charge is 0.248 e. The van der Waals surface area contributed by atoms with Gasteiger partial charge in [0.2, 0.25) is 11.8 Å². The Balaban J connectivity index is 2.27. The molecule has 1 unspecified atom stereocenters. The lowest BCUT2D eigenvalue weighted by Crippen LogP contribution is -2.67. The zero-order valence-corrected chi connectivity index (χ0v) is 12.2. The van der Waals surface area contributed by atoms with Crippen LogP contribution in [-0.2, 0) is 16.1 Å². The van der Waals surface area contributed by atoms with Gasteiger partial charge in [-0.2, -0.15) is 0 Å². The fraction of sp³-hybridized carbons (Fsp3) is 0.533. The minimum Gasteiger partial charge on any atom is -0.340 e. The van der Waals surface area contributed by atoms with Gasteiger partial charge in [-0.05, 0) is 38.0 Å². The first-order valence-electron chi connectivity index (χ1n) is 6.97. The number of nitrogens with zero attached hydrogens (tertiary/aromatic N) is 2. The molecule has 0 bridgehead atoms. The summed E-state index contributed by atoms with van der Waals surface area (Å²) in [4.78, 5) is 30.5. The van der Waals surface area contributed by atoms with E-state index in [9.17, 15) is 9.59 Å². The van der Waals surface area contributed by atoms with Gasteiger partial charge in [0.1, 0.15) is 11.6 Å². The maximum atomic E-state index is 12.6. The molecule has 0 aliphatic carbocycles. The third kappa shape index (κ3) is 2.81. The van der Waals surface area contributed by atoms with Gasteiger partial charge < -0.3 is 10.2 Å². The van der Waals surface area contributed by atoms with E-state index in [1.807, 2.05) is 19.1 Å². The Hall–Kier alpha value is -1.91. The van der Waals surface area contributed by atoms with E-state index in [-0.39, 0.29) is 17.9 Å². The van der Waals surface area contributed by atoms with E-state index in [0.717, 1.165) is 12.0 Å². The molecule has 1 aliphatic rings. The maximum Gasteiger partial charge on any atom is 0.248 e. The quantitative estimate of drug-likeness (QED) is 0.905. The zero-order valence-electron chi connectivity index (χ0n) is 12.2. The molecule has 1 aromatic heterocycles. The number of pyridine rings is 1. The highest BCUT2D eigenvalue weighted by Gasteiger charge is 2.44. The highest BCUT2D eigenvalue weighted by atomic mass is 16.2. The molecule has 2 rings (SSSR count). The van der Waals surface area contributed by atoms with E-state index in [1.54, 1.807) is 31.1 Å². The number of amides is 2. The average Bonchev–Trinajstić information content (AvgIpc) is 2.41. The van der Waals surface area contributed by atoms with Gasteiger partial charge in [-0.15, -0.1) is 0 Å². The Labute approximate surface area is 119 Å². The van der Waals surface area contributed by atoms with Crippen molar-refractivity contribution in [2.45, 2.75) is 51.7 Å². The van der Waals surface area contributed by atoms with E-state index in [4.69, 9.17) is 0 Å². The van der Waals surface area contributed by atoms with Gasteiger partial charge in [0.25, 0.3) is 0 Å². The van der Waals surface area contributed by atoms with Gasteiger partial charge in [-0.1, -0.05) is 13.3 Å². The molecule has 2 heterocycles. The molecular weight excluding hydrogens is 254 g/mol. The van der Waals surface area contributed by atoms with Crippen molar-refractivity contribution < 1.29 is 9.59 Å². The number of hydrogen-bond donors (Lipinski definition) is 1. The summed E-state index contributed by atoms with van der Waals surface area (Å²) < 4.78 is 0. The molecule has 1 atom stereocenters. The molecule has 0 spiro atoms. The fourth-order valence-electron chi connectivity index (χ4n) is 2.51. The van der Waals surface area contributed by atoms with Crippen molar-refractivity contribution in [3.63, 3.8) is 0 Å². The number of hydrogen-bond acceptors (Lipinski definition) is 3. The number of rotatable bonds is 4. The van der Waals surface area contributed by atoms with E-state index in [2.05, 4.69) is 10.3 Å². The van der Waals surface area contributed by atoms with E-state index in [1.165, 1.54) is 0 Å². The van der Waals surface area contributed by atoms with Crippen LogP contribution in [0.15, 0.2) is 24.5 Å². The lowest BCUT2D eigenvalue weighted by atomic mass is 9.94. The van der Waals surface area contributed by atoms with Gasteiger partial charge in [0.15, 0.2) is 0 Å². The SMILES string of the molecule is CCCC1C(=O)NC(C)(C)C(=O)N1Cc1ccncc1. The number of aromatic nitrogens is 1. The molecule has 5 heteroatoms. The molecule has 1 fully saturated rings. The van der Waals surface area contributed by atoms with Crippen molar-refractivity contribution in [2.75, 3.05) is 0 Å². The normalized spacial score (nSPS) is 21.8. The Kier molecular flexibility index (Phi) is 4.06. The Morgan fingerprint density at radius 1 is 1.30 bits per heavy atom. The molecular formula is C15H21N3O2. The molecule has 1 N–H and O–H groups in total. The van der Waals surface area contributed by atoms with Crippen LogP contribution in [-0.4, -0.2) is 33.3 Å². The maximum absolute atomic E-state index is 12.6. The van der Waals surface area contributed by atoms with Crippen LogP contribution in [0, 0.1) is 0 Å². The predicted molar refractivity (Wildman–Crippen MR) is 75.7 cm³/mol. The second kappa shape index (κ2) is 5.61. The summed E-state index contributed by atoms with van der Waals surface area (Å²) in [5.41, 5.74) is 0.147. The third-order valence-corrected chi connectivity index (χ3v) is 3.57. The van der Waals surface area contributed by atoms with Crippen LogP contribution in [0.2, 0.25) is 0 Å². The third-order valence-electron chi connectivity index (χ3n) is 3.57. The van der Waals surface area contributed by atoms with Crippen LogP contribution in [0.5, 0.6) is 0 Å². The van der Waals surface area contributed by atoms with Gasteiger partial charge in [0.05, 0.1) is 0 Å². The molecule has 0 aromatic carbocycles. The highest BCUT2D eigenvalue weighted by molar-refractivity contribution is 5.99. The number of carbonyl (C=O) groups excluding carboxylic acids is 2. The van der Waals surface area contributed by atoms with Crippen molar-refractivity contribution >= 4 is 11.8 Å². The Bertz CT molecular complexity index is 499. The van der Waals surface area contributed by atoms with E-state index < -0.39 is 5.54 Å². The first kappa shape index (κ1) is 14.5. The van der Waals surface area contributed by atoms with Crippen LogP contribution in [0.4, 0.5) is 0 Å². The zero-order chi connectivity index (χ0) is 14.8. The minimum atomic E-state index is -0.839. The van der Waals surface area contributed by atoms with Crippen LogP contribution >= 0.6 is 0 Å². The van der Waals surface area contributed by atoms with Crippen molar-refractivity contribution in [3.05, 3.63) is 30.1 Å². The van der Waals surface area contributed by atoms with Crippen LogP contribution in [0.3, 0.4) is 0 Å². The molecule has 5 nitrogen and oxygen atoms in total. The molecule has 108 valence electrons. The summed E-state index contributed by atoms with van der Waals surface area (Å²) in [6, 6.07) is 3.36. The summed E-state index contributed by atoms with van der Waals surface area (Å²) in [6.07, 6.45) is 4.94. The topological polar surface area (TPSA) is 62.3 Å². The molecule has 20 heavy (non-hydrogen) atoms. The van der Waals surface area contributed by atoms with Crippen molar-refractivity contribution in [1.82, 2.24) is 15.2 Å². The molecule has 1 saturated heterocycles. The van der Waals surface area contributed by atoms with E-state index in [0.29, 0.717) is 13.0 Å². The first-order chi connectivity index (χ1) is 9.45. The van der Waals surface area contributed by atoms with Crippen molar-refractivity contribution in [1.29, 1.82) is 0 Å². The molecule has 0 saturated carbocycles.